The smallest absolute Gasteiger partial charge is 0.352 e. The Kier molecular flexibility index (Phi) is 3.40. The number of H-pyrrole nitrogens is 1. The van der Waals surface area contributed by atoms with Crippen LogP contribution >= 0.6 is 11.8 Å². The lowest BCUT2D eigenvalue weighted by molar-refractivity contribution is 0.0690. The summed E-state index contributed by atoms with van der Waals surface area (Å²) in [6.45, 7) is 0.441. The standard InChI is InChI=1S/C12H14N2O2S/c1-17-7-2-3-10-9(6-7)8(4-5-13)11(14-10)12(15)16/h2-3,6,14H,4-5,13H2,1H3,(H,15,16). The first-order chi connectivity index (χ1) is 8.17. The van der Waals surface area contributed by atoms with E-state index in [9.17, 15) is 4.79 Å². The number of benzene rings is 1. The summed E-state index contributed by atoms with van der Waals surface area (Å²) in [5, 5.41) is 10.1. The molecule has 17 heavy (non-hydrogen) atoms. The summed E-state index contributed by atoms with van der Waals surface area (Å²) in [6.07, 6.45) is 2.56. The van der Waals surface area contributed by atoms with Gasteiger partial charge in [0, 0.05) is 15.8 Å². The van der Waals surface area contributed by atoms with E-state index < -0.39 is 5.97 Å². The van der Waals surface area contributed by atoms with Crippen molar-refractivity contribution in [3.05, 3.63) is 29.5 Å². The fourth-order valence-corrected chi connectivity index (χ4v) is 2.38. The van der Waals surface area contributed by atoms with Crippen LogP contribution in [-0.4, -0.2) is 28.9 Å². The second kappa shape index (κ2) is 4.81. The minimum absolute atomic E-state index is 0.253. The van der Waals surface area contributed by atoms with Gasteiger partial charge in [-0.1, -0.05) is 0 Å². The van der Waals surface area contributed by atoms with Crippen molar-refractivity contribution < 1.29 is 9.90 Å². The van der Waals surface area contributed by atoms with E-state index in [1.807, 2.05) is 24.5 Å². The summed E-state index contributed by atoms with van der Waals surface area (Å²) in [5.41, 5.74) is 7.44. The number of aromatic carboxylic acids is 1. The second-order valence-corrected chi connectivity index (χ2v) is 4.61. The molecular formula is C12H14N2O2S. The summed E-state index contributed by atoms with van der Waals surface area (Å²) >= 11 is 1.64. The molecule has 0 unspecified atom stereocenters. The highest BCUT2D eigenvalue weighted by Gasteiger charge is 2.16. The normalized spacial score (nSPS) is 10.9. The van der Waals surface area contributed by atoms with Gasteiger partial charge >= 0.3 is 5.97 Å². The zero-order valence-corrected chi connectivity index (χ0v) is 10.3. The fourth-order valence-electron chi connectivity index (χ4n) is 1.94. The number of carboxylic acids is 1. The minimum Gasteiger partial charge on any atom is -0.477 e. The first-order valence-electron chi connectivity index (χ1n) is 5.29. The maximum atomic E-state index is 11.1. The number of aromatic amines is 1. The van der Waals surface area contributed by atoms with Gasteiger partial charge < -0.3 is 15.8 Å². The van der Waals surface area contributed by atoms with Crippen LogP contribution in [-0.2, 0) is 6.42 Å². The van der Waals surface area contributed by atoms with Gasteiger partial charge in [0.25, 0.3) is 0 Å². The molecule has 0 fully saturated rings. The molecule has 4 nitrogen and oxygen atoms in total. The van der Waals surface area contributed by atoms with Crippen molar-refractivity contribution in [2.45, 2.75) is 11.3 Å². The molecule has 1 aromatic heterocycles. The van der Waals surface area contributed by atoms with E-state index in [2.05, 4.69) is 4.98 Å². The number of thioether (sulfide) groups is 1. The Bertz CT molecular complexity index is 563. The number of nitrogens with one attached hydrogen (secondary N) is 1. The number of nitrogens with two attached hydrogens (primary N) is 1. The van der Waals surface area contributed by atoms with Crippen molar-refractivity contribution >= 4 is 28.6 Å². The Labute approximate surface area is 103 Å². The van der Waals surface area contributed by atoms with Crippen molar-refractivity contribution in [1.82, 2.24) is 4.98 Å². The van der Waals surface area contributed by atoms with Gasteiger partial charge in [-0.2, -0.15) is 0 Å². The zero-order chi connectivity index (χ0) is 12.4. The third-order valence-corrected chi connectivity index (χ3v) is 3.45. The van der Waals surface area contributed by atoms with Crippen LogP contribution in [0.2, 0.25) is 0 Å². The number of carboxylic acid groups (broad SMARTS) is 1. The molecule has 0 saturated heterocycles. The van der Waals surface area contributed by atoms with E-state index in [0.717, 1.165) is 21.4 Å². The van der Waals surface area contributed by atoms with Crippen molar-refractivity contribution in [1.29, 1.82) is 0 Å². The maximum Gasteiger partial charge on any atom is 0.352 e. The lowest BCUT2D eigenvalue weighted by atomic mass is 10.1. The molecule has 1 aromatic carbocycles. The predicted molar refractivity (Wildman–Crippen MR) is 69.8 cm³/mol. The van der Waals surface area contributed by atoms with Gasteiger partial charge in [-0.05, 0) is 43.0 Å². The molecule has 2 rings (SSSR count). The Hall–Kier alpha value is -1.46. The van der Waals surface area contributed by atoms with Gasteiger partial charge in [-0.15, -0.1) is 11.8 Å². The van der Waals surface area contributed by atoms with Crippen LogP contribution in [0.5, 0.6) is 0 Å². The van der Waals surface area contributed by atoms with Crippen molar-refractivity contribution in [2.24, 2.45) is 5.73 Å². The second-order valence-electron chi connectivity index (χ2n) is 3.73. The van der Waals surface area contributed by atoms with E-state index in [-0.39, 0.29) is 5.69 Å². The fraction of sp³-hybridized carbons (Fsp3) is 0.250. The molecule has 0 radical (unpaired) electrons. The average molecular weight is 250 g/mol. The Morgan fingerprint density at radius 2 is 2.29 bits per heavy atom. The molecule has 0 amide bonds. The molecule has 2 aromatic rings. The number of carbonyl (C=O) groups is 1. The van der Waals surface area contributed by atoms with Gasteiger partial charge in [-0.3, -0.25) is 0 Å². The molecule has 1 heterocycles. The molecule has 0 aliphatic rings. The van der Waals surface area contributed by atoms with E-state index >= 15 is 0 Å². The van der Waals surface area contributed by atoms with Gasteiger partial charge in [0.15, 0.2) is 0 Å². The lowest BCUT2D eigenvalue weighted by Gasteiger charge is -2.00. The molecule has 0 bridgehead atoms. The molecule has 90 valence electrons. The molecule has 0 aliphatic heterocycles. The number of hydrogen-bond acceptors (Lipinski definition) is 3. The quantitative estimate of drug-likeness (QED) is 0.726. The predicted octanol–water partition coefficient (Wildman–Crippen LogP) is 2.09. The van der Waals surface area contributed by atoms with Crippen molar-refractivity contribution in [3.63, 3.8) is 0 Å². The highest BCUT2D eigenvalue weighted by atomic mass is 32.2. The number of aromatic nitrogens is 1. The average Bonchev–Trinajstić information content (AvgIpc) is 2.68. The van der Waals surface area contributed by atoms with Crippen LogP contribution in [0, 0.1) is 0 Å². The third-order valence-electron chi connectivity index (χ3n) is 2.72. The topological polar surface area (TPSA) is 79.1 Å². The van der Waals surface area contributed by atoms with E-state index in [1.165, 1.54) is 0 Å². The largest absolute Gasteiger partial charge is 0.477 e. The van der Waals surface area contributed by atoms with Crippen LogP contribution in [0.4, 0.5) is 0 Å². The molecular weight excluding hydrogens is 236 g/mol. The minimum atomic E-state index is -0.935. The first-order valence-corrected chi connectivity index (χ1v) is 6.51. The number of hydrogen-bond donors (Lipinski definition) is 3. The van der Waals surface area contributed by atoms with Crippen LogP contribution < -0.4 is 5.73 Å². The molecule has 0 saturated carbocycles. The van der Waals surface area contributed by atoms with Gasteiger partial charge in [0.1, 0.15) is 5.69 Å². The summed E-state index contributed by atoms with van der Waals surface area (Å²) in [7, 11) is 0. The molecule has 4 N–H and O–H groups in total. The summed E-state index contributed by atoms with van der Waals surface area (Å²) in [5.74, 6) is -0.935. The molecule has 5 heteroatoms. The van der Waals surface area contributed by atoms with Crippen LogP contribution in [0.3, 0.4) is 0 Å². The molecule has 0 atom stereocenters. The number of rotatable bonds is 4. The van der Waals surface area contributed by atoms with Gasteiger partial charge in [-0.25, -0.2) is 4.79 Å². The SMILES string of the molecule is CSc1ccc2[nH]c(C(=O)O)c(CCN)c2c1. The first kappa shape index (κ1) is 12.0. The molecule has 0 spiro atoms. The summed E-state index contributed by atoms with van der Waals surface area (Å²) in [6, 6.07) is 5.89. The monoisotopic (exact) mass is 250 g/mol. The summed E-state index contributed by atoms with van der Waals surface area (Å²) < 4.78 is 0. The highest BCUT2D eigenvalue weighted by molar-refractivity contribution is 7.98. The lowest BCUT2D eigenvalue weighted by Crippen LogP contribution is -2.07. The number of fused-ring (bicyclic) bond motifs is 1. The van der Waals surface area contributed by atoms with Crippen LogP contribution in [0.15, 0.2) is 23.1 Å². The third kappa shape index (κ3) is 2.16. The molecule has 0 aliphatic carbocycles. The van der Waals surface area contributed by atoms with Crippen LogP contribution in [0.25, 0.3) is 10.9 Å². The van der Waals surface area contributed by atoms with E-state index in [0.29, 0.717) is 13.0 Å². The maximum absolute atomic E-state index is 11.1. The highest BCUT2D eigenvalue weighted by Crippen LogP contribution is 2.27. The zero-order valence-electron chi connectivity index (χ0n) is 9.49. The van der Waals surface area contributed by atoms with E-state index in [1.54, 1.807) is 11.8 Å². The van der Waals surface area contributed by atoms with E-state index in [4.69, 9.17) is 10.8 Å². The Morgan fingerprint density at radius 1 is 1.53 bits per heavy atom. The van der Waals surface area contributed by atoms with Crippen molar-refractivity contribution in [2.75, 3.05) is 12.8 Å². The Morgan fingerprint density at radius 3 is 2.88 bits per heavy atom. The van der Waals surface area contributed by atoms with Crippen LogP contribution in [0.1, 0.15) is 16.1 Å². The summed E-state index contributed by atoms with van der Waals surface area (Å²) in [4.78, 5) is 15.2. The van der Waals surface area contributed by atoms with Gasteiger partial charge in [0.05, 0.1) is 0 Å². The Balaban J connectivity index is 2.67. The van der Waals surface area contributed by atoms with Gasteiger partial charge in [0.2, 0.25) is 0 Å². The van der Waals surface area contributed by atoms with Crippen molar-refractivity contribution in [3.8, 4) is 0 Å².